The lowest BCUT2D eigenvalue weighted by Gasteiger charge is -2.32. The molecule has 254 valence electrons. The summed E-state index contributed by atoms with van der Waals surface area (Å²) in [7, 11) is 1.65. The van der Waals surface area contributed by atoms with Gasteiger partial charge in [0.2, 0.25) is 17.7 Å². The number of pyridine rings is 1. The molecule has 8 N–H and O–H groups in total. The van der Waals surface area contributed by atoms with Gasteiger partial charge in [-0.15, -0.1) is 0 Å². The van der Waals surface area contributed by atoms with Crippen LogP contribution in [0.15, 0.2) is 83.0 Å². The maximum atomic E-state index is 14.3. The minimum absolute atomic E-state index is 0.258. The molecule has 0 spiro atoms. The Kier molecular flexibility index (Phi) is 12.6. The number of hydrogen-bond donors (Lipinski definition) is 6. The van der Waals surface area contributed by atoms with E-state index >= 15 is 0 Å². The van der Waals surface area contributed by atoms with Gasteiger partial charge in [-0.1, -0.05) is 48.2 Å². The monoisotopic (exact) mass is 670 g/mol. The zero-order valence-corrected chi connectivity index (χ0v) is 28.2. The van der Waals surface area contributed by atoms with Crippen molar-refractivity contribution >= 4 is 40.4 Å². The minimum atomic E-state index is -0.842. The fourth-order valence-corrected chi connectivity index (χ4v) is 7.07. The fraction of sp³-hybridized carbons (Fsp3) is 0.389. The number of nitrogens with two attached hydrogens (primary N) is 2. The number of unbranched alkanes of at least 4 members (excludes halogenated alkanes) is 1. The lowest BCUT2D eigenvalue weighted by molar-refractivity contribution is -0.142. The first kappa shape index (κ1) is 35.1. The molecule has 0 saturated heterocycles. The Balaban J connectivity index is 1.53. The number of rotatable bonds is 9. The van der Waals surface area contributed by atoms with E-state index in [-0.39, 0.29) is 30.7 Å². The van der Waals surface area contributed by atoms with Crippen molar-refractivity contribution in [2.45, 2.75) is 79.5 Å². The Morgan fingerprint density at radius 1 is 0.854 bits per heavy atom. The average Bonchev–Trinajstić information content (AvgIpc) is 3.52. The highest BCUT2D eigenvalue weighted by Gasteiger charge is 2.34. The molecule has 3 heterocycles. The van der Waals surface area contributed by atoms with Gasteiger partial charge in [0.15, 0.2) is 0 Å². The van der Waals surface area contributed by atoms with Crippen molar-refractivity contribution in [3.63, 3.8) is 0 Å². The Morgan fingerprint density at radius 3 is 2.44 bits per heavy atom. The molecule has 3 amide bonds. The summed E-state index contributed by atoms with van der Waals surface area (Å²) in [6.07, 6.45) is 8.59. The van der Waals surface area contributed by atoms with Crippen molar-refractivity contribution in [2.24, 2.45) is 11.5 Å². The smallest absolute Gasteiger partial charge is 0.245 e. The SMILES string of the molecule is CN1C(=O)C(CCCCN)NC(=O)C(CCCN)NCc2ccccc2Sc2cnccc2CNC(=O)C1Cc1c[nH]c2ccccc12. The van der Waals surface area contributed by atoms with Crippen molar-refractivity contribution in [3.8, 4) is 0 Å². The second-order valence-electron chi connectivity index (χ2n) is 12.1. The first-order valence-electron chi connectivity index (χ1n) is 16.6. The molecule has 3 unspecified atom stereocenters. The highest BCUT2D eigenvalue weighted by molar-refractivity contribution is 7.99. The first-order chi connectivity index (χ1) is 23.4. The lowest BCUT2D eigenvalue weighted by atomic mass is 10.0. The van der Waals surface area contributed by atoms with Crippen LogP contribution in [0.2, 0.25) is 0 Å². The van der Waals surface area contributed by atoms with Gasteiger partial charge in [0.1, 0.15) is 12.1 Å². The number of aromatic nitrogens is 2. The molecular weight excluding hydrogens is 625 g/mol. The fourth-order valence-electron chi connectivity index (χ4n) is 6.03. The van der Waals surface area contributed by atoms with E-state index in [0.717, 1.165) is 37.4 Å². The number of H-pyrrole nitrogens is 1. The number of fused-ring (bicyclic) bond motifs is 3. The normalized spacial score (nSPS) is 19.7. The van der Waals surface area contributed by atoms with Crippen LogP contribution in [-0.2, 0) is 33.9 Å². The van der Waals surface area contributed by atoms with Crippen LogP contribution < -0.4 is 27.4 Å². The highest BCUT2D eigenvalue weighted by Crippen LogP contribution is 2.32. The Bertz CT molecular complexity index is 1690. The summed E-state index contributed by atoms with van der Waals surface area (Å²) in [5.74, 6) is -0.888. The van der Waals surface area contributed by atoms with Crippen molar-refractivity contribution in [2.75, 3.05) is 20.1 Å². The number of benzene rings is 2. The molecule has 4 aromatic rings. The van der Waals surface area contributed by atoms with E-state index in [1.165, 1.54) is 4.90 Å². The second-order valence-corrected chi connectivity index (χ2v) is 13.2. The summed E-state index contributed by atoms with van der Waals surface area (Å²) in [5.41, 5.74) is 15.4. The molecule has 0 radical (unpaired) electrons. The van der Waals surface area contributed by atoms with Gasteiger partial charge in [0.05, 0.1) is 6.04 Å². The molecule has 2 aromatic carbocycles. The molecule has 2 aromatic heterocycles. The molecule has 3 atom stereocenters. The standard InChI is InChI=1S/C36H46N8O3S/c1-44-31(19-26-22-40-28-11-4-3-10-27(26)28)35(46)42-21-25-15-18-39-23-33(25)48-32-14-5-2-9-24(32)20-41-29(13-8-17-38)34(45)43-30(36(44)47)12-6-7-16-37/h2-5,9-11,14-15,18,22-23,29-31,40-41H,6-8,12-13,16-17,19-21,37-38H2,1H3,(H,42,46)(H,43,45). The maximum absolute atomic E-state index is 14.3. The average molecular weight is 671 g/mol. The molecule has 1 aliphatic heterocycles. The van der Waals surface area contributed by atoms with Gasteiger partial charge in [-0.3, -0.25) is 19.4 Å². The summed E-state index contributed by atoms with van der Waals surface area (Å²) < 4.78 is 0. The Morgan fingerprint density at radius 2 is 1.60 bits per heavy atom. The number of aromatic amines is 1. The van der Waals surface area contributed by atoms with Crippen LogP contribution in [0.1, 0.15) is 48.8 Å². The maximum Gasteiger partial charge on any atom is 0.245 e. The summed E-state index contributed by atoms with van der Waals surface area (Å²) in [4.78, 5) is 53.4. The van der Waals surface area contributed by atoms with Gasteiger partial charge in [0, 0.05) is 65.8 Å². The van der Waals surface area contributed by atoms with E-state index in [2.05, 4.69) is 25.9 Å². The number of hydrogen-bond acceptors (Lipinski definition) is 8. The second kappa shape index (κ2) is 17.3. The lowest BCUT2D eigenvalue weighted by Crippen LogP contribution is -2.57. The number of para-hydroxylation sites is 1. The molecule has 0 aliphatic carbocycles. The quantitative estimate of drug-likeness (QED) is 0.147. The first-order valence-corrected chi connectivity index (χ1v) is 17.4. The molecule has 0 saturated carbocycles. The van der Waals surface area contributed by atoms with Gasteiger partial charge in [0.25, 0.3) is 0 Å². The zero-order chi connectivity index (χ0) is 33.9. The number of likely N-dealkylation sites (N-methyl/N-ethyl adjacent to an activating group) is 1. The van der Waals surface area contributed by atoms with E-state index < -0.39 is 18.1 Å². The van der Waals surface area contributed by atoms with Gasteiger partial charge in [-0.05, 0) is 80.1 Å². The molecular formula is C36H46N8O3S. The molecule has 12 heteroatoms. The van der Waals surface area contributed by atoms with Crippen LogP contribution in [0.5, 0.6) is 0 Å². The van der Waals surface area contributed by atoms with E-state index in [4.69, 9.17) is 11.5 Å². The molecule has 0 bridgehead atoms. The molecule has 0 fully saturated rings. The van der Waals surface area contributed by atoms with Gasteiger partial charge in [-0.25, -0.2) is 0 Å². The number of carbonyl (C=O) groups is 3. The number of nitrogens with one attached hydrogen (secondary N) is 4. The van der Waals surface area contributed by atoms with E-state index in [0.29, 0.717) is 51.7 Å². The van der Waals surface area contributed by atoms with Crippen LogP contribution >= 0.6 is 11.8 Å². The number of carbonyl (C=O) groups excluding carboxylic acids is 3. The van der Waals surface area contributed by atoms with Crippen LogP contribution in [0.25, 0.3) is 10.9 Å². The summed E-state index contributed by atoms with van der Waals surface area (Å²) in [5, 5.41) is 10.6. The third-order valence-electron chi connectivity index (χ3n) is 8.84. The van der Waals surface area contributed by atoms with Crippen molar-refractivity contribution < 1.29 is 14.4 Å². The minimum Gasteiger partial charge on any atom is -0.361 e. The highest BCUT2D eigenvalue weighted by atomic mass is 32.2. The summed E-state index contributed by atoms with van der Waals surface area (Å²) in [6.45, 7) is 1.62. The third-order valence-corrected chi connectivity index (χ3v) is 10.0. The molecule has 5 rings (SSSR count). The van der Waals surface area contributed by atoms with Crippen LogP contribution in [0.3, 0.4) is 0 Å². The third kappa shape index (κ3) is 8.81. The van der Waals surface area contributed by atoms with Crippen molar-refractivity contribution in [1.29, 1.82) is 0 Å². The Labute approximate surface area is 286 Å². The van der Waals surface area contributed by atoms with Gasteiger partial charge >= 0.3 is 0 Å². The summed E-state index contributed by atoms with van der Waals surface area (Å²) >= 11 is 1.57. The predicted octanol–water partition coefficient (Wildman–Crippen LogP) is 3.22. The molecule has 1 aliphatic rings. The zero-order valence-electron chi connectivity index (χ0n) is 27.4. The van der Waals surface area contributed by atoms with Crippen molar-refractivity contribution in [3.05, 3.63) is 89.9 Å². The topological polar surface area (TPSA) is 171 Å². The van der Waals surface area contributed by atoms with Crippen LogP contribution in [-0.4, -0.2) is 70.9 Å². The van der Waals surface area contributed by atoms with Gasteiger partial charge < -0.3 is 37.3 Å². The van der Waals surface area contributed by atoms with Crippen LogP contribution in [0.4, 0.5) is 0 Å². The number of amides is 3. The molecule has 48 heavy (non-hydrogen) atoms. The number of nitrogens with zero attached hydrogens (tertiary/aromatic N) is 2. The molecule has 11 nitrogen and oxygen atoms in total. The van der Waals surface area contributed by atoms with E-state index in [9.17, 15) is 14.4 Å². The van der Waals surface area contributed by atoms with Gasteiger partial charge in [-0.2, -0.15) is 0 Å². The Hall–Kier alpha value is -4.23. The largest absolute Gasteiger partial charge is 0.361 e. The van der Waals surface area contributed by atoms with Crippen molar-refractivity contribution in [1.82, 2.24) is 30.8 Å². The summed E-state index contributed by atoms with van der Waals surface area (Å²) in [6, 6.07) is 15.6. The van der Waals surface area contributed by atoms with E-state index in [1.54, 1.807) is 31.2 Å². The van der Waals surface area contributed by atoms with E-state index in [1.807, 2.05) is 60.8 Å². The predicted molar refractivity (Wildman–Crippen MR) is 189 cm³/mol. The van der Waals surface area contributed by atoms with Crippen LogP contribution in [0, 0.1) is 0 Å².